The number of nitrogens with two attached hydrogens (primary N) is 1. The minimum Gasteiger partial charge on any atom is -0.379 e. The summed E-state index contributed by atoms with van der Waals surface area (Å²) in [6.45, 7) is 0.476. The second-order valence-electron chi connectivity index (χ2n) is 8.77. The Morgan fingerprint density at radius 1 is 1.05 bits per heavy atom. The fourth-order valence-corrected chi connectivity index (χ4v) is 4.93. The molecule has 0 saturated heterocycles. The number of imidazole rings is 1. The molecule has 0 atom stereocenters. The zero-order valence-corrected chi connectivity index (χ0v) is 21.8. The molecule has 0 unspecified atom stereocenters. The molecule has 3 heterocycles. The maximum atomic E-state index is 12.9. The number of carbonyl (C=O) groups is 1. The first-order valence-corrected chi connectivity index (χ1v) is 12.6. The quantitative estimate of drug-likeness (QED) is 0.206. The van der Waals surface area contributed by atoms with Crippen molar-refractivity contribution in [1.82, 2.24) is 29.9 Å². The van der Waals surface area contributed by atoms with E-state index in [4.69, 9.17) is 33.6 Å². The smallest absolute Gasteiger partial charge is 0.260 e. The number of fused-ring (bicyclic) bond motifs is 2. The highest BCUT2D eigenvalue weighted by Crippen LogP contribution is 2.27. The Hall–Kier alpha value is -4.67. The number of hydrazone groups is 1. The molecule has 0 fully saturated rings. The van der Waals surface area contributed by atoms with Crippen LogP contribution < -0.4 is 11.2 Å². The van der Waals surface area contributed by atoms with Crippen molar-refractivity contribution in [1.29, 1.82) is 0 Å². The summed E-state index contributed by atoms with van der Waals surface area (Å²) < 4.78 is 8.51. The molecule has 3 aromatic carbocycles. The summed E-state index contributed by atoms with van der Waals surface area (Å²) in [7, 11) is 0. The van der Waals surface area contributed by atoms with Crippen LogP contribution in [0.2, 0.25) is 10.0 Å². The van der Waals surface area contributed by atoms with Crippen molar-refractivity contribution in [3.8, 4) is 11.5 Å². The van der Waals surface area contributed by atoms with Gasteiger partial charge in [0.1, 0.15) is 6.54 Å². The van der Waals surface area contributed by atoms with Gasteiger partial charge in [-0.15, -0.1) is 0 Å². The zero-order chi connectivity index (χ0) is 26.9. The molecule has 0 saturated carbocycles. The highest BCUT2D eigenvalue weighted by molar-refractivity contribution is 6.35. The second-order valence-corrected chi connectivity index (χ2v) is 9.61. The van der Waals surface area contributed by atoms with Crippen molar-refractivity contribution in [3.63, 3.8) is 0 Å². The summed E-state index contributed by atoms with van der Waals surface area (Å²) in [5, 5.41) is 13.9. The number of para-hydroxylation sites is 3. The van der Waals surface area contributed by atoms with E-state index >= 15 is 0 Å². The fourth-order valence-electron chi connectivity index (χ4n) is 4.46. The van der Waals surface area contributed by atoms with Crippen molar-refractivity contribution >= 4 is 63.1 Å². The van der Waals surface area contributed by atoms with Gasteiger partial charge in [0.2, 0.25) is 0 Å². The maximum Gasteiger partial charge on any atom is 0.260 e. The van der Waals surface area contributed by atoms with E-state index in [0.717, 1.165) is 27.5 Å². The topological polar surface area (TPSA) is 129 Å². The van der Waals surface area contributed by atoms with Gasteiger partial charge in [0.25, 0.3) is 5.91 Å². The average molecular weight is 559 g/mol. The molecule has 6 aromatic rings. The number of rotatable bonds is 7. The van der Waals surface area contributed by atoms with Gasteiger partial charge in [-0.05, 0) is 46.2 Å². The summed E-state index contributed by atoms with van der Waals surface area (Å²) in [6.07, 6.45) is 3.58. The monoisotopic (exact) mass is 558 g/mol. The van der Waals surface area contributed by atoms with Crippen LogP contribution in [0.25, 0.3) is 33.5 Å². The zero-order valence-electron chi connectivity index (χ0n) is 20.3. The first-order valence-electron chi connectivity index (χ1n) is 11.9. The molecule has 0 bridgehead atoms. The highest BCUT2D eigenvalue weighted by Gasteiger charge is 2.20. The molecule has 194 valence electrons. The summed E-state index contributed by atoms with van der Waals surface area (Å²) in [4.78, 5) is 17.5. The summed E-state index contributed by atoms with van der Waals surface area (Å²) in [6, 6.07) is 20.8. The van der Waals surface area contributed by atoms with Crippen LogP contribution in [0.5, 0.6) is 0 Å². The SMILES string of the molecule is Nc1nonc1-c1nc2ccccc2n1CC(=O)N/N=C\c1cn(Cc2ccc(Cl)cc2Cl)c2ccccc12. The number of benzene rings is 3. The largest absolute Gasteiger partial charge is 0.379 e. The van der Waals surface area contributed by atoms with Crippen LogP contribution >= 0.6 is 23.2 Å². The van der Waals surface area contributed by atoms with E-state index in [2.05, 4.69) is 30.4 Å². The number of nitrogen functional groups attached to an aromatic ring is 1. The molecule has 1 amide bonds. The van der Waals surface area contributed by atoms with Crippen LogP contribution in [0, 0.1) is 0 Å². The number of hydrogen-bond acceptors (Lipinski definition) is 7. The van der Waals surface area contributed by atoms with Crippen LogP contribution in [0.1, 0.15) is 11.1 Å². The lowest BCUT2D eigenvalue weighted by atomic mass is 10.2. The van der Waals surface area contributed by atoms with Crippen LogP contribution in [-0.2, 0) is 17.9 Å². The van der Waals surface area contributed by atoms with Crippen molar-refractivity contribution in [2.45, 2.75) is 13.1 Å². The number of halogens is 2. The van der Waals surface area contributed by atoms with Crippen LogP contribution in [0.15, 0.2) is 82.7 Å². The summed E-state index contributed by atoms with van der Waals surface area (Å²) in [5.41, 5.74) is 12.9. The molecule has 0 spiro atoms. The second kappa shape index (κ2) is 10.2. The first kappa shape index (κ1) is 24.7. The Balaban J connectivity index is 1.24. The number of aromatic nitrogens is 5. The highest BCUT2D eigenvalue weighted by atomic mass is 35.5. The standard InChI is InChI=1S/C27H20Cl2N8O2/c28-18-10-9-16(20(29)11-18)13-36-14-17(19-5-1-3-7-22(19)36)12-31-33-24(38)15-37-23-8-4-2-6-21(23)32-27(37)25-26(30)35-39-34-25/h1-12,14H,13,15H2,(H2,30,35)(H,33,38)/b31-12-. The number of anilines is 1. The Morgan fingerprint density at radius 2 is 1.85 bits per heavy atom. The average Bonchev–Trinajstić information content (AvgIpc) is 3.61. The van der Waals surface area contributed by atoms with E-state index in [-0.39, 0.29) is 24.0 Å². The van der Waals surface area contributed by atoms with Crippen molar-refractivity contribution < 1.29 is 9.42 Å². The van der Waals surface area contributed by atoms with Crippen LogP contribution in [0.4, 0.5) is 5.82 Å². The van der Waals surface area contributed by atoms with E-state index in [1.807, 2.05) is 66.9 Å². The minimum absolute atomic E-state index is 0.0731. The number of nitrogens with zero attached hydrogens (tertiary/aromatic N) is 6. The predicted molar refractivity (Wildman–Crippen MR) is 151 cm³/mol. The lowest BCUT2D eigenvalue weighted by molar-refractivity contribution is -0.121. The molecule has 0 radical (unpaired) electrons. The van der Waals surface area contributed by atoms with Gasteiger partial charge in [0, 0.05) is 39.3 Å². The molecule has 6 rings (SSSR count). The molecule has 39 heavy (non-hydrogen) atoms. The van der Waals surface area contributed by atoms with Crippen LogP contribution in [-0.4, -0.2) is 36.6 Å². The first-order chi connectivity index (χ1) is 19.0. The molecule has 12 heteroatoms. The van der Waals surface area contributed by atoms with Crippen LogP contribution in [0.3, 0.4) is 0 Å². The fraction of sp³-hybridized carbons (Fsp3) is 0.0741. The predicted octanol–water partition coefficient (Wildman–Crippen LogP) is 5.13. The van der Waals surface area contributed by atoms with Crippen molar-refractivity contribution in [3.05, 3.63) is 94.1 Å². The van der Waals surface area contributed by atoms with Gasteiger partial charge in [-0.1, -0.05) is 59.6 Å². The van der Waals surface area contributed by atoms with Gasteiger partial charge in [-0.3, -0.25) is 4.79 Å². The molecular formula is C27H20Cl2N8O2. The molecule has 0 aliphatic carbocycles. The van der Waals surface area contributed by atoms with Crippen molar-refractivity contribution in [2.24, 2.45) is 5.10 Å². The third-order valence-electron chi connectivity index (χ3n) is 6.25. The van der Waals surface area contributed by atoms with E-state index in [0.29, 0.717) is 27.9 Å². The Labute approximate surface area is 231 Å². The number of carbonyl (C=O) groups excluding carboxylic acids is 1. The third-order valence-corrected chi connectivity index (χ3v) is 6.84. The third kappa shape index (κ3) is 4.83. The van der Waals surface area contributed by atoms with E-state index in [1.54, 1.807) is 16.8 Å². The molecule has 0 aliphatic rings. The maximum absolute atomic E-state index is 12.9. The van der Waals surface area contributed by atoms with Gasteiger partial charge in [-0.25, -0.2) is 15.0 Å². The van der Waals surface area contributed by atoms with Crippen molar-refractivity contribution in [2.75, 3.05) is 5.73 Å². The number of nitrogens with one attached hydrogen (secondary N) is 1. The van der Waals surface area contributed by atoms with Gasteiger partial charge < -0.3 is 14.9 Å². The Morgan fingerprint density at radius 3 is 2.64 bits per heavy atom. The lowest BCUT2D eigenvalue weighted by Crippen LogP contribution is -2.23. The Kier molecular flexibility index (Phi) is 6.47. The lowest BCUT2D eigenvalue weighted by Gasteiger charge is -2.08. The van der Waals surface area contributed by atoms with E-state index < -0.39 is 0 Å². The molecule has 10 nitrogen and oxygen atoms in total. The number of hydrogen-bond donors (Lipinski definition) is 2. The summed E-state index contributed by atoms with van der Waals surface area (Å²) >= 11 is 12.5. The Bertz CT molecular complexity index is 1870. The van der Waals surface area contributed by atoms with Gasteiger partial charge >= 0.3 is 0 Å². The van der Waals surface area contributed by atoms with Gasteiger partial charge in [0.05, 0.1) is 17.2 Å². The van der Waals surface area contributed by atoms with Gasteiger partial charge in [-0.2, -0.15) is 5.10 Å². The molecular weight excluding hydrogens is 539 g/mol. The minimum atomic E-state index is -0.359. The normalized spacial score (nSPS) is 11.6. The van der Waals surface area contributed by atoms with E-state index in [1.165, 1.54) is 0 Å². The molecule has 0 aliphatic heterocycles. The number of amides is 1. The molecule has 3 aromatic heterocycles. The summed E-state index contributed by atoms with van der Waals surface area (Å²) in [5.74, 6) is 0.0987. The van der Waals surface area contributed by atoms with E-state index in [9.17, 15) is 4.79 Å². The van der Waals surface area contributed by atoms with Gasteiger partial charge in [0.15, 0.2) is 17.3 Å². The molecule has 3 N–H and O–H groups in total.